The Balaban J connectivity index is 3.45. The maximum absolute atomic E-state index is 3.91. The van der Waals surface area contributed by atoms with Crippen LogP contribution < -0.4 is 4.23 Å². The Bertz CT molecular complexity index is 478. The third-order valence-electron chi connectivity index (χ3n) is 4.43. The van der Waals surface area contributed by atoms with E-state index in [4.69, 9.17) is 0 Å². The maximum atomic E-state index is 3.91. The lowest BCUT2D eigenvalue weighted by Gasteiger charge is -2.53. The molecule has 0 bridgehead atoms. The SMILES string of the molecule is C=Cc1cccc(N([Si](C)(C)C)[Si](C)(C)C(C)(C)C)c1. The Labute approximate surface area is 127 Å². The first-order chi connectivity index (χ1) is 8.91. The molecule has 0 N–H and O–H groups in total. The van der Waals surface area contributed by atoms with E-state index in [1.165, 1.54) is 11.3 Å². The average molecular weight is 306 g/mol. The molecule has 0 aromatic heterocycles. The van der Waals surface area contributed by atoms with E-state index in [2.05, 4.69) is 88.6 Å². The van der Waals surface area contributed by atoms with Crippen molar-refractivity contribution in [2.75, 3.05) is 4.23 Å². The van der Waals surface area contributed by atoms with Crippen molar-refractivity contribution in [2.24, 2.45) is 0 Å². The zero-order valence-corrected chi connectivity index (χ0v) is 16.5. The lowest BCUT2D eigenvalue weighted by molar-refractivity contribution is 0.717. The highest BCUT2D eigenvalue weighted by atomic mass is 28.4. The molecule has 0 aliphatic rings. The third kappa shape index (κ3) is 3.44. The van der Waals surface area contributed by atoms with Gasteiger partial charge >= 0.3 is 0 Å². The molecule has 0 spiro atoms. The first-order valence-corrected chi connectivity index (χ1v) is 13.8. The second-order valence-corrected chi connectivity index (χ2v) is 18.4. The minimum atomic E-state index is -1.59. The summed E-state index contributed by atoms with van der Waals surface area (Å²) in [7, 11) is -3.03. The van der Waals surface area contributed by atoms with Gasteiger partial charge in [-0.05, 0) is 22.7 Å². The zero-order chi connectivity index (χ0) is 15.8. The summed E-state index contributed by atoms with van der Waals surface area (Å²) < 4.78 is 2.81. The molecule has 1 aromatic carbocycles. The van der Waals surface area contributed by atoms with Crippen LogP contribution in [0, 0.1) is 0 Å². The van der Waals surface area contributed by atoms with Crippen molar-refractivity contribution in [3.8, 4) is 0 Å². The van der Waals surface area contributed by atoms with Crippen LogP contribution in [0.25, 0.3) is 6.08 Å². The van der Waals surface area contributed by atoms with E-state index in [1.807, 2.05) is 6.08 Å². The van der Waals surface area contributed by atoms with E-state index in [1.54, 1.807) is 0 Å². The van der Waals surface area contributed by atoms with Crippen LogP contribution in [-0.2, 0) is 0 Å². The molecule has 1 nitrogen and oxygen atoms in total. The molecule has 1 rings (SSSR count). The molecule has 0 atom stereocenters. The van der Waals surface area contributed by atoms with Crippen molar-refractivity contribution >= 4 is 28.2 Å². The van der Waals surface area contributed by atoms with Gasteiger partial charge in [0.2, 0.25) is 0 Å². The maximum Gasteiger partial charge on any atom is 0.147 e. The van der Waals surface area contributed by atoms with Crippen molar-refractivity contribution in [3.63, 3.8) is 0 Å². The topological polar surface area (TPSA) is 3.24 Å². The molecule has 0 amide bonds. The fraction of sp³-hybridized carbons (Fsp3) is 0.529. The Kier molecular flexibility index (Phi) is 4.77. The van der Waals surface area contributed by atoms with Crippen LogP contribution in [0.1, 0.15) is 26.3 Å². The van der Waals surface area contributed by atoms with Gasteiger partial charge in [0.25, 0.3) is 0 Å². The van der Waals surface area contributed by atoms with Gasteiger partial charge in [-0.2, -0.15) is 0 Å². The second-order valence-electron chi connectivity index (χ2n) is 8.11. The Morgan fingerprint density at radius 2 is 1.60 bits per heavy atom. The largest absolute Gasteiger partial charge is 0.424 e. The highest BCUT2D eigenvalue weighted by molar-refractivity contribution is 7.01. The number of hydrogen-bond acceptors (Lipinski definition) is 1. The summed E-state index contributed by atoms with van der Waals surface area (Å²) in [4.78, 5) is 0. The number of rotatable bonds is 4. The predicted octanol–water partition coefficient (Wildman–Crippen LogP) is 5.98. The minimum Gasteiger partial charge on any atom is -0.424 e. The Hall–Kier alpha value is -0.806. The minimum absolute atomic E-state index is 0.345. The first-order valence-electron chi connectivity index (χ1n) is 7.44. The summed E-state index contributed by atoms with van der Waals surface area (Å²) in [6.07, 6.45) is 1.94. The van der Waals surface area contributed by atoms with Gasteiger partial charge in [-0.1, -0.05) is 78.3 Å². The van der Waals surface area contributed by atoms with Crippen molar-refractivity contribution in [3.05, 3.63) is 36.4 Å². The monoisotopic (exact) mass is 305 g/mol. The van der Waals surface area contributed by atoms with Crippen LogP contribution in [0.5, 0.6) is 0 Å². The van der Waals surface area contributed by atoms with E-state index in [9.17, 15) is 0 Å². The Morgan fingerprint density at radius 3 is 2.00 bits per heavy atom. The second kappa shape index (κ2) is 5.53. The lowest BCUT2D eigenvalue weighted by atomic mass is 10.2. The normalized spacial score (nSPS) is 13.2. The predicted molar refractivity (Wildman–Crippen MR) is 99.6 cm³/mol. The number of benzene rings is 1. The van der Waals surface area contributed by atoms with Gasteiger partial charge in [-0.15, -0.1) is 0 Å². The lowest BCUT2D eigenvalue weighted by Crippen LogP contribution is -2.65. The van der Waals surface area contributed by atoms with Gasteiger partial charge < -0.3 is 4.23 Å². The van der Waals surface area contributed by atoms with Crippen molar-refractivity contribution in [1.29, 1.82) is 0 Å². The molecule has 1 aromatic rings. The highest BCUT2D eigenvalue weighted by Gasteiger charge is 2.45. The van der Waals surface area contributed by atoms with E-state index in [0.29, 0.717) is 5.04 Å². The third-order valence-corrected chi connectivity index (χ3v) is 14.8. The Morgan fingerprint density at radius 1 is 1.05 bits per heavy atom. The number of nitrogens with zero attached hydrogens (tertiary/aromatic N) is 1. The molecule has 20 heavy (non-hydrogen) atoms. The van der Waals surface area contributed by atoms with Crippen molar-refractivity contribution < 1.29 is 0 Å². The molecule has 3 heteroatoms. The van der Waals surface area contributed by atoms with Gasteiger partial charge in [0, 0.05) is 5.69 Å². The summed E-state index contributed by atoms with van der Waals surface area (Å²) in [5, 5.41) is 0.345. The molecular weight excluding hydrogens is 274 g/mol. The highest BCUT2D eigenvalue weighted by Crippen LogP contribution is 2.43. The smallest absolute Gasteiger partial charge is 0.147 e. The molecule has 0 saturated heterocycles. The molecule has 0 aliphatic heterocycles. The summed E-state index contributed by atoms with van der Waals surface area (Å²) in [5.41, 5.74) is 2.60. The van der Waals surface area contributed by atoms with Crippen molar-refractivity contribution in [2.45, 2.75) is 58.5 Å². The summed E-state index contributed by atoms with van der Waals surface area (Å²) in [6.45, 7) is 23.5. The fourth-order valence-corrected chi connectivity index (χ4v) is 12.8. The molecule has 0 fully saturated rings. The molecular formula is C17H31NSi2. The average Bonchev–Trinajstić information content (AvgIpc) is 2.25. The van der Waals surface area contributed by atoms with E-state index < -0.39 is 16.5 Å². The number of anilines is 1. The molecule has 0 unspecified atom stereocenters. The molecule has 0 saturated carbocycles. The van der Waals surface area contributed by atoms with Crippen LogP contribution in [-0.4, -0.2) is 16.5 Å². The van der Waals surface area contributed by atoms with E-state index in [0.717, 1.165) is 0 Å². The van der Waals surface area contributed by atoms with Crippen LogP contribution in [0.15, 0.2) is 30.8 Å². The van der Waals surface area contributed by atoms with Gasteiger partial charge in [0.15, 0.2) is 0 Å². The van der Waals surface area contributed by atoms with E-state index in [-0.39, 0.29) is 0 Å². The van der Waals surface area contributed by atoms with Crippen molar-refractivity contribution in [1.82, 2.24) is 0 Å². The van der Waals surface area contributed by atoms with E-state index >= 15 is 0 Å². The van der Waals surface area contributed by atoms with Gasteiger partial charge in [-0.25, -0.2) is 0 Å². The quantitative estimate of drug-likeness (QED) is 0.619. The van der Waals surface area contributed by atoms with Gasteiger partial charge in [0.05, 0.1) is 0 Å². The molecule has 0 radical (unpaired) electrons. The van der Waals surface area contributed by atoms with Crippen LogP contribution >= 0.6 is 0 Å². The van der Waals surface area contributed by atoms with Crippen LogP contribution in [0.4, 0.5) is 5.69 Å². The summed E-state index contributed by atoms with van der Waals surface area (Å²) >= 11 is 0. The standard InChI is InChI=1S/C17H31NSi2/c1-10-15-12-11-13-16(14-15)18(19(5,6)7)20(8,9)17(2,3)4/h10-14H,1H2,2-9H3. The van der Waals surface area contributed by atoms with Gasteiger partial charge in [0.1, 0.15) is 16.5 Å². The first kappa shape index (κ1) is 17.2. The zero-order valence-electron chi connectivity index (χ0n) is 14.5. The van der Waals surface area contributed by atoms with Crippen LogP contribution in [0.2, 0.25) is 37.8 Å². The molecule has 0 heterocycles. The van der Waals surface area contributed by atoms with Crippen LogP contribution in [0.3, 0.4) is 0 Å². The summed E-state index contributed by atoms with van der Waals surface area (Å²) in [6, 6.07) is 8.86. The molecule has 112 valence electrons. The fourth-order valence-electron chi connectivity index (χ4n) is 2.67. The molecule has 0 aliphatic carbocycles. The van der Waals surface area contributed by atoms with Gasteiger partial charge in [-0.3, -0.25) is 0 Å². The summed E-state index contributed by atoms with van der Waals surface area (Å²) in [5.74, 6) is 0. The number of hydrogen-bond donors (Lipinski definition) is 0.